The summed E-state index contributed by atoms with van der Waals surface area (Å²) in [5.41, 5.74) is 5.35. The van der Waals surface area contributed by atoms with Crippen LogP contribution in [0.4, 0.5) is 4.39 Å². The fourth-order valence-corrected chi connectivity index (χ4v) is 3.13. The van der Waals surface area contributed by atoms with E-state index in [9.17, 15) is 12.8 Å². The Morgan fingerprint density at radius 1 is 1.58 bits per heavy atom. The van der Waals surface area contributed by atoms with Crippen molar-refractivity contribution in [2.45, 2.75) is 17.9 Å². The van der Waals surface area contributed by atoms with Gasteiger partial charge >= 0.3 is 0 Å². The minimum Gasteiger partial charge on any atom is -0.409 e. The molecule has 0 saturated carbocycles. The fourth-order valence-electron chi connectivity index (χ4n) is 1.31. The Hall–Kier alpha value is -1.38. The third-order valence-electron chi connectivity index (χ3n) is 2.64. The summed E-state index contributed by atoms with van der Waals surface area (Å²) in [7, 11) is -2.84. The fraction of sp³-hybridized carbons (Fsp3) is 0.300. The van der Waals surface area contributed by atoms with Crippen LogP contribution in [0.25, 0.3) is 0 Å². The van der Waals surface area contributed by atoms with Crippen LogP contribution < -0.4 is 5.73 Å². The zero-order valence-electron chi connectivity index (χ0n) is 10.2. The number of halogens is 2. The molecule has 0 aliphatic carbocycles. The zero-order chi connectivity index (χ0) is 14.8. The van der Waals surface area contributed by atoms with Crippen LogP contribution in [0.2, 0.25) is 5.02 Å². The van der Waals surface area contributed by atoms with Gasteiger partial charge in [0.05, 0.1) is 11.1 Å². The quantitative estimate of drug-likeness (QED) is 0.378. The van der Waals surface area contributed by atoms with E-state index >= 15 is 0 Å². The summed E-state index contributed by atoms with van der Waals surface area (Å²) in [6.07, 6.45) is 0. The molecule has 1 atom stereocenters. The Balaban J connectivity index is 3.28. The molecule has 1 unspecified atom stereocenters. The summed E-state index contributed by atoms with van der Waals surface area (Å²) in [6.45, 7) is 1.42. The first-order valence-electron chi connectivity index (χ1n) is 5.12. The first-order valence-corrected chi connectivity index (χ1v) is 6.94. The van der Waals surface area contributed by atoms with Gasteiger partial charge in [-0.25, -0.2) is 12.8 Å². The van der Waals surface area contributed by atoms with Crippen LogP contribution in [0.1, 0.15) is 6.92 Å². The molecule has 0 bridgehead atoms. The second-order valence-electron chi connectivity index (χ2n) is 3.80. The van der Waals surface area contributed by atoms with E-state index in [1.807, 2.05) is 0 Å². The molecular formula is C10H13ClFN3O3S. The molecule has 0 spiro atoms. The third-order valence-corrected chi connectivity index (χ3v) is 5.05. The van der Waals surface area contributed by atoms with Gasteiger partial charge in [0, 0.05) is 7.05 Å². The molecule has 6 nitrogen and oxygen atoms in total. The van der Waals surface area contributed by atoms with Gasteiger partial charge in [0.15, 0.2) is 5.84 Å². The molecule has 1 aromatic rings. The van der Waals surface area contributed by atoms with Crippen LogP contribution in [0.3, 0.4) is 0 Å². The van der Waals surface area contributed by atoms with Crippen molar-refractivity contribution in [1.82, 2.24) is 4.31 Å². The molecule has 0 aliphatic rings. The lowest BCUT2D eigenvalue weighted by atomic mass is 10.3. The second-order valence-corrected chi connectivity index (χ2v) is 6.17. The Labute approximate surface area is 115 Å². The Kier molecular flexibility index (Phi) is 4.72. The minimum absolute atomic E-state index is 0.111. The standard InChI is InChI=1S/C10H13ClFN3O3S/c1-6(10(13)14-16)15(2)19(17,18)9-5-7(12)3-4-8(9)11/h3-6,16H,1-2H3,(H2,13,14). The van der Waals surface area contributed by atoms with Crippen molar-refractivity contribution in [3.8, 4) is 0 Å². The van der Waals surface area contributed by atoms with Crippen LogP contribution >= 0.6 is 11.6 Å². The predicted molar refractivity (Wildman–Crippen MR) is 69.2 cm³/mol. The smallest absolute Gasteiger partial charge is 0.245 e. The molecule has 0 saturated heterocycles. The maximum atomic E-state index is 13.1. The molecule has 19 heavy (non-hydrogen) atoms. The molecule has 0 amide bonds. The average molecular weight is 310 g/mol. The van der Waals surface area contributed by atoms with Crippen molar-refractivity contribution in [2.75, 3.05) is 7.05 Å². The van der Waals surface area contributed by atoms with Gasteiger partial charge < -0.3 is 10.9 Å². The lowest BCUT2D eigenvalue weighted by molar-refractivity contribution is 0.311. The SMILES string of the molecule is CC(/C(N)=N/O)N(C)S(=O)(=O)c1cc(F)ccc1Cl. The predicted octanol–water partition coefficient (Wildman–Crippen LogP) is 1.23. The molecule has 9 heteroatoms. The first kappa shape index (κ1) is 15.7. The highest BCUT2D eigenvalue weighted by Gasteiger charge is 2.29. The highest BCUT2D eigenvalue weighted by atomic mass is 35.5. The molecular weight excluding hydrogens is 297 g/mol. The van der Waals surface area contributed by atoms with Crippen molar-refractivity contribution in [3.05, 3.63) is 29.0 Å². The van der Waals surface area contributed by atoms with Crippen LogP contribution in [-0.4, -0.2) is 36.9 Å². The third kappa shape index (κ3) is 3.14. The van der Waals surface area contributed by atoms with Crippen LogP contribution in [0.5, 0.6) is 0 Å². The summed E-state index contributed by atoms with van der Waals surface area (Å²) >= 11 is 5.76. The van der Waals surface area contributed by atoms with Crippen molar-refractivity contribution >= 4 is 27.5 Å². The van der Waals surface area contributed by atoms with E-state index in [1.54, 1.807) is 0 Å². The van der Waals surface area contributed by atoms with Gasteiger partial charge in [-0.15, -0.1) is 0 Å². The summed E-state index contributed by atoms with van der Waals surface area (Å²) in [4.78, 5) is -0.380. The van der Waals surface area contributed by atoms with E-state index in [4.69, 9.17) is 22.5 Å². The van der Waals surface area contributed by atoms with E-state index in [0.29, 0.717) is 0 Å². The number of sulfonamides is 1. The maximum absolute atomic E-state index is 13.1. The summed E-state index contributed by atoms with van der Waals surface area (Å²) in [5.74, 6) is -1.02. The van der Waals surface area contributed by atoms with E-state index in [0.717, 1.165) is 22.5 Å². The van der Waals surface area contributed by atoms with E-state index in [1.165, 1.54) is 14.0 Å². The number of amidine groups is 1. The summed E-state index contributed by atoms with van der Waals surface area (Å²) in [5, 5.41) is 11.2. The van der Waals surface area contributed by atoms with Gasteiger partial charge in [-0.2, -0.15) is 4.31 Å². The highest BCUT2D eigenvalue weighted by molar-refractivity contribution is 7.89. The second kappa shape index (κ2) is 5.72. The Bertz CT molecular complexity index is 606. The molecule has 0 radical (unpaired) electrons. The van der Waals surface area contributed by atoms with Gasteiger partial charge in [-0.05, 0) is 25.1 Å². The number of likely N-dealkylation sites (N-methyl/N-ethyl adjacent to an activating group) is 1. The number of hydrogen-bond acceptors (Lipinski definition) is 4. The molecule has 0 heterocycles. The summed E-state index contributed by atoms with van der Waals surface area (Å²) in [6, 6.07) is 2.10. The molecule has 0 fully saturated rings. The maximum Gasteiger partial charge on any atom is 0.245 e. The van der Waals surface area contributed by atoms with Crippen molar-refractivity contribution in [2.24, 2.45) is 10.9 Å². The van der Waals surface area contributed by atoms with Crippen LogP contribution in [0, 0.1) is 5.82 Å². The monoisotopic (exact) mass is 309 g/mol. The molecule has 106 valence electrons. The normalized spacial score (nSPS) is 14.7. The van der Waals surface area contributed by atoms with Gasteiger partial charge in [0.2, 0.25) is 10.0 Å². The van der Waals surface area contributed by atoms with Gasteiger partial charge in [-0.3, -0.25) is 0 Å². The zero-order valence-corrected chi connectivity index (χ0v) is 11.8. The molecule has 1 aromatic carbocycles. The minimum atomic E-state index is -4.06. The van der Waals surface area contributed by atoms with Crippen LogP contribution in [0.15, 0.2) is 28.3 Å². The highest BCUT2D eigenvalue weighted by Crippen LogP contribution is 2.25. The Morgan fingerprint density at radius 2 is 2.16 bits per heavy atom. The van der Waals surface area contributed by atoms with Gasteiger partial charge in [-0.1, -0.05) is 16.8 Å². The number of oxime groups is 1. The van der Waals surface area contributed by atoms with Crippen molar-refractivity contribution < 1.29 is 18.0 Å². The molecule has 0 aromatic heterocycles. The average Bonchev–Trinajstić information content (AvgIpc) is 2.38. The van der Waals surface area contributed by atoms with E-state index in [2.05, 4.69) is 5.16 Å². The lowest BCUT2D eigenvalue weighted by Gasteiger charge is -2.23. The number of nitrogens with two attached hydrogens (primary N) is 1. The molecule has 0 aliphatic heterocycles. The number of hydrogen-bond donors (Lipinski definition) is 2. The number of benzene rings is 1. The lowest BCUT2D eigenvalue weighted by Crippen LogP contribution is -2.43. The number of nitrogens with zero attached hydrogens (tertiary/aromatic N) is 2. The van der Waals surface area contributed by atoms with E-state index < -0.39 is 21.9 Å². The molecule has 3 N–H and O–H groups in total. The summed E-state index contributed by atoms with van der Waals surface area (Å²) < 4.78 is 38.5. The molecule has 1 rings (SSSR count). The first-order chi connectivity index (χ1) is 8.71. The van der Waals surface area contributed by atoms with Gasteiger partial charge in [0.25, 0.3) is 0 Å². The van der Waals surface area contributed by atoms with Crippen molar-refractivity contribution in [1.29, 1.82) is 0 Å². The number of rotatable bonds is 4. The van der Waals surface area contributed by atoms with Crippen LogP contribution in [-0.2, 0) is 10.0 Å². The van der Waals surface area contributed by atoms with E-state index in [-0.39, 0.29) is 15.8 Å². The van der Waals surface area contributed by atoms with Crippen molar-refractivity contribution in [3.63, 3.8) is 0 Å². The van der Waals surface area contributed by atoms with Gasteiger partial charge in [0.1, 0.15) is 10.7 Å². The topological polar surface area (TPSA) is 96.0 Å². The largest absolute Gasteiger partial charge is 0.409 e. The Morgan fingerprint density at radius 3 is 2.68 bits per heavy atom.